The third kappa shape index (κ3) is 41.6. The average molecular weight is 2770 g/mol. The molecule has 654 valence electrons. The summed E-state index contributed by atoms with van der Waals surface area (Å²) in [5.41, 5.74) is -0.429. The molecule has 7 heterocycles. The molecule has 7 rings (SSSR count). The van der Waals surface area contributed by atoms with Crippen molar-refractivity contribution in [1.29, 1.82) is 0 Å². The normalized spacial score (nSPS) is 22.5. The van der Waals surface area contributed by atoms with Gasteiger partial charge in [0.2, 0.25) is 11.6 Å². The number of carbonyl (C=O) groups excluding carboxylic acids is 1. The van der Waals surface area contributed by atoms with E-state index in [-0.39, 0.29) is 193 Å². The van der Waals surface area contributed by atoms with Gasteiger partial charge in [-0.3, -0.25) is 38.6 Å². The zero-order chi connectivity index (χ0) is 77.1. The molecule has 4 aromatic heterocycles. The molecule has 3 fully saturated rings. The minimum absolute atomic E-state index is 0. The number of ether oxygens (including phenoxy) is 4. The molecule has 0 saturated carbocycles. The van der Waals surface area contributed by atoms with Crippen LogP contribution in [0.15, 0.2) is 53.6 Å². The summed E-state index contributed by atoms with van der Waals surface area (Å²) in [6.07, 6.45) is 13.3. The summed E-state index contributed by atoms with van der Waals surface area (Å²) in [4.78, 5) is 91.9. The topological polar surface area (TPSA) is 404 Å². The van der Waals surface area contributed by atoms with Gasteiger partial charge in [-0.1, -0.05) is 199 Å². The molecule has 114 heavy (non-hydrogen) atoms. The van der Waals surface area contributed by atoms with E-state index in [4.69, 9.17) is 24.7 Å². The Morgan fingerprint density at radius 2 is 0.886 bits per heavy atom. The van der Waals surface area contributed by atoms with Crippen molar-refractivity contribution in [3.8, 4) is 0 Å². The number of hydrogen-bond acceptors (Lipinski definition) is 20. The predicted octanol–water partition coefficient (Wildman–Crippen LogP) is -5.11. The van der Waals surface area contributed by atoms with Crippen LogP contribution in [0.1, 0.15) is 245 Å². The number of H-pyrrole nitrogens is 3. The van der Waals surface area contributed by atoms with E-state index < -0.39 is 148 Å². The molecular formula is C73H122F9N10O17U5-5. The number of unbranched alkanes of at least 4 members (excludes halogenated alkanes) is 2. The van der Waals surface area contributed by atoms with Gasteiger partial charge in [0.1, 0.15) is 36.6 Å². The average Bonchev–Trinajstić information content (AvgIpc) is 1.63. The molecule has 3 aliphatic heterocycles. The van der Waals surface area contributed by atoms with Gasteiger partial charge in [0.05, 0.1) is 43.5 Å². The fraction of sp³-hybridized carbons (Fsp3) is 0.767. The first kappa shape index (κ1) is 128. The number of aliphatic hydroxyl groups excluding tert-OH is 6. The van der Waals surface area contributed by atoms with Crippen LogP contribution in [-0.4, -0.2) is 137 Å². The fourth-order valence-electron chi connectivity index (χ4n) is 13.0. The third-order valence-corrected chi connectivity index (χ3v) is 21.0. The second-order valence-corrected chi connectivity index (χ2v) is 29.0. The van der Waals surface area contributed by atoms with Crippen LogP contribution >= 0.6 is 0 Å². The first-order chi connectivity index (χ1) is 48.5. The van der Waals surface area contributed by atoms with Crippen molar-refractivity contribution in [2.45, 2.75) is 299 Å². The smallest absolute Gasteiger partial charge is 0.412 e. The predicted molar refractivity (Wildman–Crippen MR) is 387 cm³/mol. The molecule has 0 aromatic carbocycles. The molecule has 0 radical (unpaired) electrons. The number of rotatable bonds is 34. The van der Waals surface area contributed by atoms with Crippen LogP contribution in [0.3, 0.4) is 0 Å². The monoisotopic (exact) mass is 2770 g/mol. The zero-order valence-electron chi connectivity index (χ0n) is 66.7. The number of nitrogens with two attached hydrogens (primary N) is 1. The van der Waals surface area contributed by atoms with Gasteiger partial charge in [0.15, 0.2) is 42.0 Å². The zero-order valence-corrected chi connectivity index (χ0v) is 87.5. The summed E-state index contributed by atoms with van der Waals surface area (Å²) in [6.45, 7) is 28.6. The maximum atomic E-state index is 15.0. The van der Waals surface area contributed by atoms with Crippen LogP contribution < -0.4 is 68.4 Å². The standard InChI is InChI=1S/C50H92FN3O6.C9H12FN3O4.C9H11FN2O5.C4H3FN2O2.CH4.5FH.5U/c1-12-15-20-36(6)37(7)21-16-17-22-38(8)40(10)27-25-34(4)26-28-43(30-29-42(14-3)24-18-23-39(9)35(5)19-13-2)31-32-59-50(58)53-47-44(51)33-54(49(57)52-47)48-46(56)45(55)41(11)60-48;1-3-5(14)6(15)8(17-3)13-2-4(10)7(11)12-9(13)16;1-3-5(13)6(14)8(17-3)12-2-4(10)7(15)11-9(12)16;5-2-1-6-4(9)7-3(2)8;;;;;;;;;;;/h33-43,45-46,48,55-56H,12-32H2,1-11H3,(H,52,53,57,58);2-3,5-6,8,14-15H,1H3,(H2,11,12,16);2-3,5-6,8,13-14H,1H3,(H,11,15,16);1H,(H2,6,7,8,9);1H4;5*1H;;;;;/p-5/t34?,35-,36?,37-,38?,39?,40-,41?,42?,43?,45?,46?,48?;;;;;;;;;;;;;;/m1............../s1. The molecule has 21 atom stereocenters. The molecular weight excluding hydrogens is 2650 g/mol. The summed E-state index contributed by atoms with van der Waals surface area (Å²) in [5, 5.41) is 60.8. The number of nitrogens with one attached hydrogen (secondary N) is 4. The van der Waals surface area contributed by atoms with Gasteiger partial charge in [-0.15, -0.1) is 0 Å². The van der Waals surface area contributed by atoms with E-state index in [1.807, 2.05) is 4.98 Å². The third-order valence-electron chi connectivity index (χ3n) is 21.0. The number of nitrogens with zero attached hydrogens (tertiary/aromatic N) is 5. The molecule has 12 N–H and O–H groups in total. The molecule has 3 aliphatic rings. The Balaban J connectivity index is -0.000000280. The van der Waals surface area contributed by atoms with Crippen LogP contribution in [0.5, 0.6) is 0 Å². The van der Waals surface area contributed by atoms with E-state index in [1.165, 1.54) is 117 Å². The summed E-state index contributed by atoms with van der Waals surface area (Å²) in [6, 6.07) is 0. The fourth-order valence-corrected chi connectivity index (χ4v) is 13.0. The van der Waals surface area contributed by atoms with E-state index in [1.54, 1.807) is 16.9 Å². The number of halogens is 9. The molecule has 27 nitrogen and oxygen atoms in total. The largest absolute Gasteiger partial charge is 1.00 e. The van der Waals surface area contributed by atoms with Gasteiger partial charge in [-0.25, -0.2) is 32.8 Å². The Labute approximate surface area is 780 Å². The van der Waals surface area contributed by atoms with E-state index in [0.717, 1.165) is 82.7 Å². The Morgan fingerprint density at radius 3 is 1.32 bits per heavy atom. The van der Waals surface area contributed by atoms with Gasteiger partial charge in [-0.05, 0) is 80.5 Å². The molecule has 0 bridgehead atoms. The maximum absolute atomic E-state index is 15.0. The van der Waals surface area contributed by atoms with E-state index in [0.29, 0.717) is 34.7 Å². The second-order valence-electron chi connectivity index (χ2n) is 29.0. The minimum atomic E-state index is -1.43. The van der Waals surface area contributed by atoms with Crippen LogP contribution in [0, 0.1) is 232 Å². The molecule has 41 heteroatoms. The number of amides is 1. The van der Waals surface area contributed by atoms with E-state index in [9.17, 15) is 77.4 Å². The summed E-state index contributed by atoms with van der Waals surface area (Å²) < 4.78 is 76.7. The van der Waals surface area contributed by atoms with Gasteiger partial charge < -0.3 is 83.8 Å². The van der Waals surface area contributed by atoms with Gasteiger partial charge in [-0.2, -0.15) is 18.7 Å². The van der Waals surface area contributed by atoms with Crippen LogP contribution in [0.2, 0.25) is 0 Å². The summed E-state index contributed by atoms with van der Waals surface area (Å²) >= 11 is 0. The number of aliphatic hydroxyl groups is 6. The van der Waals surface area contributed by atoms with Crippen LogP contribution in [0.4, 0.5) is 34.0 Å². The number of aromatic amines is 3. The Hall–Kier alpha value is -1.54. The van der Waals surface area contributed by atoms with Crippen molar-refractivity contribution in [1.82, 2.24) is 38.6 Å². The number of nitrogen functional groups attached to an aromatic ring is 1. The molecule has 0 spiro atoms. The van der Waals surface area contributed by atoms with Crippen LogP contribution in [-0.2, 0) is 18.9 Å². The Kier molecular flexibility index (Phi) is 73.2. The first-order valence-corrected chi connectivity index (χ1v) is 36.8. The Morgan fingerprint density at radius 1 is 0.491 bits per heavy atom. The molecule has 0 aliphatic carbocycles. The Bertz CT molecular complexity index is 3610. The van der Waals surface area contributed by atoms with E-state index in [2.05, 4.69) is 84.5 Å². The molecule has 3 saturated heterocycles. The number of aromatic nitrogens is 8. The van der Waals surface area contributed by atoms with Crippen molar-refractivity contribution >= 4 is 17.7 Å². The first-order valence-electron chi connectivity index (χ1n) is 36.8. The number of hydrogen-bond donors (Lipinski definition) is 11. The minimum Gasteiger partial charge on any atom is -1.00 e. The maximum Gasteiger partial charge on any atom is 0.412 e. The molecule has 1 amide bonds. The molecule has 4 aromatic rings. The molecule has 18 unspecified atom stereocenters. The van der Waals surface area contributed by atoms with Crippen molar-refractivity contribution in [3.05, 3.63) is 111 Å². The van der Waals surface area contributed by atoms with Crippen molar-refractivity contribution < 1.29 is 251 Å². The van der Waals surface area contributed by atoms with Crippen molar-refractivity contribution in [3.63, 3.8) is 0 Å². The number of anilines is 2. The SMILES string of the molecule is C.CC1OC(n2cc(F)c(=O)[nH]c2=O)C(O)C1O.CC1OC(n2cc(F)c(N)nc2=O)C(O)C1O.CCCCC(C)[C@H](C)CCCCC(C)[C@H](C)CCC(C)CCC(CCOC(=O)Nc1nc(=O)n(C2OC(C)C(O)C2O)cc1F)CCC(CC)CCCC(C)[C@H](C)CCC.O=c1[nH]cc(F)c(=O)[nH]1.[F-].[F-].[F-].[F-].[F-].[U].[U].[U].[U].[U]. The summed E-state index contributed by atoms with van der Waals surface area (Å²) in [7, 11) is 0. The van der Waals surface area contributed by atoms with Gasteiger partial charge >= 0.3 is 28.9 Å². The van der Waals surface area contributed by atoms with Crippen LogP contribution in [0.25, 0.3) is 0 Å². The quantitative estimate of drug-likeness (QED) is 0.0154. The summed E-state index contributed by atoms with van der Waals surface area (Å²) in [5.74, 6) is 1.29. The van der Waals surface area contributed by atoms with Gasteiger partial charge in [0.25, 0.3) is 11.1 Å². The van der Waals surface area contributed by atoms with E-state index >= 15 is 4.39 Å². The van der Waals surface area contributed by atoms with Crippen molar-refractivity contribution in [2.24, 2.45) is 53.3 Å². The number of carbonyl (C=O) groups is 1. The van der Waals surface area contributed by atoms with Gasteiger partial charge in [0, 0.05) is 162 Å². The van der Waals surface area contributed by atoms with Crippen molar-refractivity contribution in [2.75, 3.05) is 17.7 Å². The second kappa shape index (κ2) is 65.2.